The number of fused-ring (bicyclic) bond motifs is 7. The fraction of sp³-hybridized carbons (Fsp3) is 0. The van der Waals surface area contributed by atoms with Gasteiger partial charge < -0.3 is 14.0 Å². The van der Waals surface area contributed by atoms with Crippen LogP contribution in [0.4, 0.5) is 0 Å². The van der Waals surface area contributed by atoms with Crippen LogP contribution in [-0.4, -0.2) is 11.3 Å². The van der Waals surface area contributed by atoms with Gasteiger partial charge in [0, 0.05) is 21.8 Å². The van der Waals surface area contributed by atoms with Crippen molar-refractivity contribution in [3.63, 3.8) is 0 Å². The molecule has 0 N–H and O–H groups in total. The highest BCUT2D eigenvalue weighted by molar-refractivity contribution is 6.98. The normalized spacial score (nSPS) is 12.8. The quantitative estimate of drug-likeness (QED) is 0.230. The van der Waals surface area contributed by atoms with Crippen LogP contribution >= 0.6 is 0 Å². The molecular formula is C36H22BNO2. The van der Waals surface area contributed by atoms with E-state index < -0.39 is 0 Å². The molecule has 0 saturated carbocycles. The van der Waals surface area contributed by atoms with E-state index in [1.165, 1.54) is 32.7 Å². The molecule has 2 aliphatic rings. The monoisotopic (exact) mass is 511 g/mol. The van der Waals surface area contributed by atoms with Crippen molar-refractivity contribution in [3.8, 4) is 39.8 Å². The standard InChI is InChI=1S/C36H22BNO2/c1-6-16-29(38-30-17-7-2-12-25(30)26-13-3-8-18-31(26)38)24(11-1)23-21-34-36-35(22-23)40-33-20-10-5-15-28(33)37(36)27-14-4-9-19-32(27)39-34/h1-22H. The van der Waals surface area contributed by atoms with E-state index in [9.17, 15) is 0 Å². The molecule has 0 amide bonds. The Morgan fingerprint density at radius 3 is 1.60 bits per heavy atom. The van der Waals surface area contributed by atoms with E-state index >= 15 is 0 Å². The van der Waals surface area contributed by atoms with Crippen LogP contribution in [0.15, 0.2) is 133 Å². The SMILES string of the molecule is c1ccc2c(c1)Oc1cc(-c3ccccc3-n3c4ccccc4c4ccccc43)cc3c1B2c1ccccc1O3. The van der Waals surface area contributed by atoms with Crippen LogP contribution in [0.3, 0.4) is 0 Å². The molecule has 40 heavy (non-hydrogen) atoms. The lowest BCUT2D eigenvalue weighted by atomic mass is 9.35. The van der Waals surface area contributed by atoms with Crippen LogP contribution in [0, 0.1) is 0 Å². The van der Waals surface area contributed by atoms with E-state index in [-0.39, 0.29) is 6.71 Å². The number of para-hydroxylation sites is 5. The molecule has 0 fully saturated rings. The molecule has 7 aromatic rings. The first-order valence-corrected chi connectivity index (χ1v) is 13.6. The van der Waals surface area contributed by atoms with Gasteiger partial charge in [-0.1, -0.05) is 91.0 Å². The van der Waals surface area contributed by atoms with Gasteiger partial charge >= 0.3 is 0 Å². The van der Waals surface area contributed by atoms with Crippen molar-refractivity contribution < 1.29 is 9.47 Å². The van der Waals surface area contributed by atoms with Crippen molar-refractivity contribution >= 4 is 44.9 Å². The minimum absolute atomic E-state index is 0.0709. The van der Waals surface area contributed by atoms with E-state index in [1.807, 2.05) is 12.1 Å². The van der Waals surface area contributed by atoms with E-state index in [1.54, 1.807) is 0 Å². The largest absolute Gasteiger partial charge is 0.458 e. The molecule has 0 bridgehead atoms. The summed E-state index contributed by atoms with van der Waals surface area (Å²) in [5.74, 6) is 3.50. The second-order valence-electron chi connectivity index (χ2n) is 10.5. The molecule has 0 aliphatic carbocycles. The zero-order chi connectivity index (χ0) is 26.2. The molecule has 0 unspecified atom stereocenters. The Balaban J connectivity index is 1.31. The van der Waals surface area contributed by atoms with Crippen LogP contribution in [0.1, 0.15) is 0 Å². The Hall–Kier alpha value is -5.22. The highest BCUT2D eigenvalue weighted by atomic mass is 16.5. The molecule has 3 heterocycles. The highest BCUT2D eigenvalue weighted by Gasteiger charge is 2.40. The molecule has 6 aromatic carbocycles. The molecule has 186 valence electrons. The fourth-order valence-corrected chi connectivity index (χ4v) is 6.64. The molecular weight excluding hydrogens is 489 g/mol. The maximum Gasteiger partial charge on any atom is 0.260 e. The van der Waals surface area contributed by atoms with E-state index in [4.69, 9.17) is 9.47 Å². The molecule has 0 atom stereocenters. The van der Waals surface area contributed by atoms with Gasteiger partial charge in [0.15, 0.2) is 0 Å². The van der Waals surface area contributed by atoms with Gasteiger partial charge in [-0.2, -0.15) is 0 Å². The Morgan fingerprint density at radius 1 is 0.475 bits per heavy atom. The van der Waals surface area contributed by atoms with Crippen molar-refractivity contribution in [1.29, 1.82) is 0 Å². The third kappa shape index (κ3) is 2.96. The lowest BCUT2D eigenvalue weighted by Crippen LogP contribution is -2.57. The number of ether oxygens (including phenoxy) is 2. The molecule has 9 rings (SSSR count). The second kappa shape index (κ2) is 8.14. The van der Waals surface area contributed by atoms with Crippen molar-refractivity contribution in [2.45, 2.75) is 0 Å². The van der Waals surface area contributed by atoms with Crippen LogP contribution < -0.4 is 25.9 Å². The van der Waals surface area contributed by atoms with Gasteiger partial charge in [-0.15, -0.1) is 0 Å². The van der Waals surface area contributed by atoms with Gasteiger partial charge in [-0.3, -0.25) is 0 Å². The second-order valence-corrected chi connectivity index (χ2v) is 10.5. The Bertz CT molecular complexity index is 2020. The van der Waals surface area contributed by atoms with Crippen LogP contribution in [0.2, 0.25) is 0 Å². The van der Waals surface area contributed by atoms with Crippen molar-refractivity contribution in [2.75, 3.05) is 0 Å². The van der Waals surface area contributed by atoms with Gasteiger partial charge in [0.1, 0.15) is 23.0 Å². The fourth-order valence-electron chi connectivity index (χ4n) is 6.64. The van der Waals surface area contributed by atoms with E-state index in [0.29, 0.717) is 0 Å². The van der Waals surface area contributed by atoms with Gasteiger partial charge in [0.25, 0.3) is 6.71 Å². The molecule has 2 aliphatic heterocycles. The van der Waals surface area contributed by atoms with Crippen molar-refractivity contribution in [3.05, 3.63) is 133 Å². The number of nitrogens with zero attached hydrogens (tertiary/aromatic N) is 1. The van der Waals surface area contributed by atoms with Gasteiger partial charge in [-0.05, 0) is 59.0 Å². The maximum absolute atomic E-state index is 6.59. The van der Waals surface area contributed by atoms with Crippen molar-refractivity contribution in [1.82, 2.24) is 4.57 Å². The molecule has 0 spiro atoms. The summed E-state index contributed by atoms with van der Waals surface area (Å²) in [4.78, 5) is 0. The lowest BCUT2D eigenvalue weighted by Gasteiger charge is -2.33. The zero-order valence-corrected chi connectivity index (χ0v) is 21.5. The predicted molar refractivity (Wildman–Crippen MR) is 164 cm³/mol. The first kappa shape index (κ1) is 21.7. The van der Waals surface area contributed by atoms with Crippen molar-refractivity contribution in [2.24, 2.45) is 0 Å². The molecule has 4 heteroatoms. The number of benzene rings is 6. The van der Waals surface area contributed by atoms with Crippen LogP contribution in [-0.2, 0) is 0 Å². The van der Waals surface area contributed by atoms with E-state index in [0.717, 1.165) is 45.3 Å². The molecule has 3 nitrogen and oxygen atoms in total. The summed E-state index contributed by atoms with van der Waals surface area (Å²) in [5.41, 5.74) is 9.11. The van der Waals surface area contributed by atoms with Gasteiger partial charge in [0.2, 0.25) is 0 Å². The van der Waals surface area contributed by atoms with E-state index in [2.05, 4.69) is 126 Å². The third-order valence-corrected chi connectivity index (χ3v) is 8.33. The Labute approximate surface area is 231 Å². The third-order valence-electron chi connectivity index (χ3n) is 8.33. The highest BCUT2D eigenvalue weighted by Crippen LogP contribution is 2.41. The summed E-state index contributed by atoms with van der Waals surface area (Å²) < 4.78 is 15.5. The number of hydrogen-bond donors (Lipinski definition) is 0. The molecule has 1 aromatic heterocycles. The minimum atomic E-state index is 0.0709. The first-order valence-electron chi connectivity index (χ1n) is 13.6. The summed E-state index contributed by atoms with van der Waals surface area (Å²) in [6.45, 7) is 0.0709. The number of aromatic nitrogens is 1. The zero-order valence-electron chi connectivity index (χ0n) is 21.5. The molecule has 0 radical (unpaired) electrons. The summed E-state index contributed by atoms with van der Waals surface area (Å²) in [6, 6.07) is 47.0. The molecule has 0 saturated heterocycles. The summed E-state index contributed by atoms with van der Waals surface area (Å²) in [5, 5.41) is 2.49. The van der Waals surface area contributed by atoms with Crippen LogP contribution in [0.5, 0.6) is 23.0 Å². The first-order chi connectivity index (χ1) is 19.8. The number of rotatable bonds is 2. The van der Waals surface area contributed by atoms with Crippen LogP contribution in [0.25, 0.3) is 38.6 Å². The Kier molecular flexibility index (Phi) is 4.41. The summed E-state index contributed by atoms with van der Waals surface area (Å²) >= 11 is 0. The summed E-state index contributed by atoms with van der Waals surface area (Å²) in [6.07, 6.45) is 0. The smallest absolute Gasteiger partial charge is 0.260 e. The topological polar surface area (TPSA) is 23.4 Å². The predicted octanol–water partition coefficient (Wildman–Crippen LogP) is 7.18. The summed E-state index contributed by atoms with van der Waals surface area (Å²) in [7, 11) is 0. The Morgan fingerprint density at radius 2 is 0.975 bits per heavy atom. The van der Waals surface area contributed by atoms with Gasteiger partial charge in [0.05, 0.1) is 16.7 Å². The average molecular weight is 511 g/mol. The number of hydrogen-bond acceptors (Lipinski definition) is 2. The maximum atomic E-state index is 6.59. The minimum Gasteiger partial charge on any atom is -0.458 e. The lowest BCUT2D eigenvalue weighted by molar-refractivity contribution is 0.465. The average Bonchev–Trinajstić information content (AvgIpc) is 3.35. The van der Waals surface area contributed by atoms with Gasteiger partial charge in [-0.25, -0.2) is 0 Å².